The molecule has 0 aromatic heterocycles. The molecule has 0 spiro atoms. The lowest BCUT2D eigenvalue weighted by molar-refractivity contribution is 0.172. The van der Waals surface area contributed by atoms with Crippen LogP contribution in [0, 0.1) is 11.8 Å². The van der Waals surface area contributed by atoms with Gasteiger partial charge in [-0.1, -0.05) is 27.7 Å². The van der Waals surface area contributed by atoms with Crippen LogP contribution in [0.4, 0.5) is 0 Å². The number of hydrogen-bond donors (Lipinski definition) is 2. The highest BCUT2D eigenvalue weighted by Gasteiger charge is 2.15. The molecule has 0 heterocycles. The fourth-order valence-corrected chi connectivity index (χ4v) is 3.42. The second-order valence-electron chi connectivity index (χ2n) is 4.85. The SMILES string of the molecule is CC(C)CS(=O)(=O)NO[B]ONS(=O)(=O)CC(C)C. The summed E-state index contributed by atoms with van der Waals surface area (Å²) < 4.78 is 54.0. The molecule has 0 aliphatic carbocycles. The Bertz CT molecular complexity index is 406. The molecular formula is C8H20BN2O6S2. The van der Waals surface area contributed by atoms with Gasteiger partial charge in [-0.25, -0.2) is 16.8 Å². The van der Waals surface area contributed by atoms with Crippen LogP contribution in [0.25, 0.3) is 0 Å². The Morgan fingerprint density at radius 1 is 0.842 bits per heavy atom. The normalized spacial score (nSPS) is 13.2. The predicted molar refractivity (Wildman–Crippen MR) is 71.4 cm³/mol. The molecular weight excluding hydrogens is 295 g/mol. The molecule has 1 radical (unpaired) electrons. The molecule has 19 heavy (non-hydrogen) atoms. The third-order valence-electron chi connectivity index (χ3n) is 1.55. The fourth-order valence-electron chi connectivity index (χ4n) is 1.16. The molecule has 0 bridgehead atoms. The largest absolute Gasteiger partial charge is 0.526 e. The average Bonchev–Trinajstić information content (AvgIpc) is 2.11. The van der Waals surface area contributed by atoms with Crippen molar-refractivity contribution in [3.8, 4) is 0 Å². The van der Waals surface area contributed by atoms with Crippen molar-refractivity contribution in [3.05, 3.63) is 0 Å². The van der Waals surface area contributed by atoms with Crippen molar-refractivity contribution in [2.45, 2.75) is 27.7 Å². The number of hydrogen-bond acceptors (Lipinski definition) is 6. The minimum atomic E-state index is -3.58. The molecule has 11 heteroatoms. The van der Waals surface area contributed by atoms with Gasteiger partial charge in [-0.3, -0.25) is 0 Å². The molecule has 0 aliphatic rings. The Hall–Kier alpha value is -0.195. The van der Waals surface area contributed by atoms with Crippen LogP contribution in [0.1, 0.15) is 27.7 Å². The van der Waals surface area contributed by atoms with Crippen LogP contribution < -0.4 is 9.77 Å². The summed E-state index contributed by atoms with van der Waals surface area (Å²) >= 11 is 0. The Labute approximate surface area is 115 Å². The lowest BCUT2D eigenvalue weighted by atomic mass is 10.3. The summed E-state index contributed by atoms with van der Waals surface area (Å²) in [5.74, 6) is -0.349. The first kappa shape index (κ1) is 18.8. The zero-order chi connectivity index (χ0) is 15.1. The van der Waals surface area contributed by atoms with E-state index in [4.69, 9.17) is 0 Å². The molecule has 0 rings (SSSR count). The average molecular weight is 315 g/mol. The smallest absolute Gasteiger partial charge is 0.313 e. The Kier molecular flexibility index (Phi) is 8.09. The van der Waals surface area contributed by atoms with Crippen molar-refractivity contribution in [2.24, 2.45) is 11.8 Å². The van der Waals surface area contributed by atoms with Gasteiger partial charge in [-0.15, -0.1) is 9.77 Å². The lowest BCUT2D eigenvalue weighted by Gasteiger charge is -2.09. The van der Waals surface area contributed by atoms with E-state index in [1.165, 1.54) is 0 Å². The molecule has 0 saturated heterocycles. The molecule has 0 saturated carbocycles. The highest BCUT2D eigenvalue weighted by molar-refractivity contribution is 7.89. The molecule has 0 aliphatic heterocycles. The van der Waals surface area contributed by atoms with Crippen molar-refractivity contribution in [3.63, 3.8) is 0 Å². The molecule has 8 nitrogen and oxygen atoms in total. The monoisotopic (exact) mass is 315 g/mol. The first-order chi connectivity index (χ1) is 8.54. The van der Waals surface area contributed by atoms with Crippen LogP contribution in [0.5, 0.6) is 0 Å². The quantitative estimate of drug-likeness (QED) is 0.320. The van der Waals surface area contributed by atoms with E-state index in [2.05, 4.69) is 9.51 Å². The van der Waals surface area contributed by atoms with E-state index in [1.54, 1.807) is 37.5 Å². The maximum Gasteiger partial charge on any atom is 0.526 e. The van der Waals surface area contributed by atoms with E-state index in [-0.39, 0.29) is 23.3 Å². The summed E-state index contributed by atoms with van der Waals surface area (Å²) in [5.41, 5.74) is 0. The van der Waals surface area contributed by atoms with Gasteiger partial charge in [0.05, 0.1) is 11.5 Å². The number of sulfonamides is 2. The van der Waals surface area contributed by atoms with E-state index in [9.17, 15) is 16.8 Å². The summed E-state index contributed by atoms with van der Waals surface area (Å²) in [6.07, 6.45) is 0. The van der Waals surface area contributed by atoms with E-state index >= 15 is 0 Å². The third kappa shape index (κ3) is 11.3. The minimum absolute atomic E-state index is 0.0634. The van der Waals surface area contributed by atoms with Crippen LogP contribution in [0.2, 0.25) is 0 Å². The molecule has 2 N–H and O–H groups in total. The van der Waals surface area contributed by atoms with Crippen molar-refractivity contribution < 1.29 is 26.3 Å². The second kappa shape index (κ2) is 8.17. The number of nitrogens with one attached hydrogen (secondary N) is 2. The lowest BCUT2D eigenvalue weighted by Crippen LogP contribution is -2.35. The fraction of sp³-hybridized carbons (Fsp3) is 1.00. The molecule has 0 atom stereocenters. The highest BCUT2D eigenvalue weighted by atomic mass is 32.2. The van der Waals surface area contributed by atoms with Gasteiger partial charge in [0.25, 0.3) is 0 Å². The van der Waals surface area contributed by atoms with Gasteiger partial charge in [-0.2, -0.15) is 0 Å². The Morgan fingerprint density at radius 3 is 1.42 bits per heavy atom. The van der Waals surface area contributed by atoms with Crippen LogP contribution in [-0.4, -0.2) is 36.0 Å². The summed E-state index contributed by atoms with van der Waals surface area (Å²) in [5, 5.41) is 0. The van der Waals surface area contributed by atoms with Gasteiger partial charge in [0.1, 0.15) is 0 Å². The van der Waals surface area contributed by atoms with Gasteiger partial charge in [0.15, 0.2) is 0 Å². The highest BCUT2D eigenvalue weighted by Crippen LogP contribution is 1.98. The van der Waals surface area contributed by atoms with Crippen LogP contribution >= 0.6 is 0 Å². The van der Waals surface area contributed by atoms with E-state index in [1.807, 2.05) is 0 Å². The van der Waals surface area contributed by atoms with Crippen LogP contribution in [0.15, 0.2) is 0 Å². The molecule has 0 fully saturated rings. The summed E-state index contributed by atoms with van der Waals surface area (Å²) in [6.45, 7) is 6.94. The molecule has 0 aromatic carbocycles. The predicted octanol–water partition coefficient (Wildman–Crippen LogP) is -0.465. The maximum atomic E-state index is 11.3. The summed E-state index contributed by atoms with van der Waals surface area (Å²) in [6, 6.07) is 0. The standard InChI is InChI=1S/C8H20BN2O6S2/c1-7(2)5-18(12,13)10-16-9-17-11-19(14,15)6-8(3)4/h7-8,10-11H,5-6H2,1-4H3. The second-order valence-corrected chi connectivity index (χ2v) is 8.31. The van der Waals surface area contributed by atoms with Gasteiger partial charge in [0.2, 0.25) is 20.0 Å². The summed E-state index contributed by atoms with van der Waals surface area (Å²) in [7, 11) is -6.60. The van der Waals surface area contributed by atoms with Gasteiger partial charge in [0, 0.05) is 0 Å². The first-order valence-corrected chi connectivity index (χ1v) is 8.96. The number of rotatable bonds is 10. The zero-order valence-corrected chi connectivity index (χ0v) is 13.0. The van der Waals surface area contributed by atoms with Crippen molar-refractivity contribution in [1.29, 1.82) is 0 Å². The molecule has 0 unspecified atom stereocenters. The topological polar surface area (TPSA) is 111 Å². The van der Waals surface area contributed by atoms with Gasteiger partial charge < -0.3 is 9.51 Å². The van der Waals surface area contributed by atoms with Gasteiger partial charge in [-0.05, 0) is 11.8 Å². The third-order valence-corrected chi connectivity index (χ3v) is 4.46. The minimum Gasteiger partial charge on any atom is -0.313 e. The van der Waals surface area contributed by atoms with Gasteiger partial charge >= 0.3 is 7.69 Å². The summed E-state index contributed by atoms with van der Waals surface area (Å²) in [4.78, 5) is 3.55. The molecule has 0 amide bonds. The first-order valence-electron chi connectivity index (χ1n) is 5.66. The van der Waals surface area contributed by atoms with Crippen LogP contribution in [-0.2, 0) is 29.6 Å². The Balaban J connectivity index is 3.89. The van der Waals surface area contributed by atoms with Crippen molar-refractivity contribution in [2.75, 3.05) is 11.5 Å². The maximum absolute atomic E-state index is 11.3. The van der Waals surface area contributed by atoms with Crippen molar-refractivity contribution in [1.82, 2.24) is 9.77 Å². The van der Waals surface area contributed by atoms with E-state index in [0.29, 0.717) is 7.69 Å². The van der Waals surface area contributed by atoms with Crippen molar-refractivity contribution >= 4 is 27.7 Å². The molecule has 113 valence electrons. The molecule has 0 aromatic rings. The van der Waals surface area contributed by atoms with Crippen LogP contribution in [0.3, 0.4) is 0 Å². The van der Waals surface area contributed by atoms with E-state index in [0.717, 1.165) is 0 Å². The zero-order valence-electron chi connectivity index (χ0n) is 11.4. The Morgan fingerprint density at radius 2 is 1.16 bits per heavy atom. The van der Waals surface area contributed by atoms with E-state index < -0.39 is 20.0 Å².